The van der Waals surface area contributed by atoms with Crippen LogP contribution in [-0.2, 0) is 4.79 Å². The molecule has 1 atom stereocenters. The maximum Gasteiger partial charge on any atom is 0.271 e. The van der Waals surface area contributed by atoms with E-state index < -0.39 is 0 Å². The molecule has 0 aliphatic carbocycles. The van der Waals surface area contributed by atoms with Crippen molar-refractivity contribution in [2.45, 2.75) is 45.3 Å². The topological polar surface area (TPSA) is 104 Å². The highest BCUT2D eigenvalue weighted by atomic mass is 32.2. The van der Waals surface area contributed by atoms with Crippen molar-refractivity contribution >= 4 is 17.7 Å². The lowest BCUT2D eigenvalue weighted by atomic mass is 10.3. The Bertz CT molecular complexity index is 663. The van der Waals surface area contributed by atoms with Crippen molar-refractivity contribution < 1.29 is 4.79 Å². The van der Waals surface area contributed by atoms with Crippen molar-refractivity contribution in [2.75, 3.05) is 11.6 Å². The Morgan fingerprint density at radius 3 is 2.77 bits per heavy atom. The molecular formula is C13H21N7OS. The van der Waals surface area contributed by atoms with Crippen LogP contribution >= 0.6 is 11.8 Å². The van der Waals surface area contributed by atoms with Crippen LogP contribution in [-0.4, -0.2) is 42.4 Å². The van der Waals surface area contributed by atoms with Crippen molar-refractivity contribution in [1.82, 2.24) is 30.0 Å². The van der Waals surface area contributed by atoms with Crippen LogP contribution in [0.2, 0.25) is 0 Å². The van der Waals surface area contributed by atoms with E-state index in [1.165, 1.54) is 16.4 Å². The average molecular weight is 323 g/mol. The number of aromatic nitrogens is 5. The smallest absolute Gasteiger partial charge is 0.271 e. The first kappa shape index (κ1) is 16.3. The molecule has 2 aromatic heterocycles. The Balaban J connectivity index is 2.05. The van der Waals surface area contributed by atoms with Gasteiger partial charge in [0.25, 0.3) is 5.95 Å². The van der Waals surface area contributed by atoms with Gasteiger partial charge < -0.3 is 11.2 Å². The maximum atomic E-state index is 11.8. The number of carbonyl (C=O) groups is 1. The Morgan fingerprint density at radius 2 is 2.18 bits per heavy atom. The standard InChI is InChI=1S/C13H21N7OS/c1-5-8(2)15-11(21)7-22-13-17-16-12(19(13)14)20-10(4)6-9(3)18-20/h6,8H,5,7,14H2,1-4H3,(H,15,21)/t8-/m1/s1. The van der Waals surface area contributed by atoms with Crippen molar-refractivity contribution in [3.8, 4) is 5.95 Å². The molecule has 2 aromatic rings. The SMILES string of the molecule is CC[C@@H](C)NC(=O)CSc1nnc(-n2nc(C)cc2C)n1N. The number of nitrogens with two attached hydrogens (primary N) is 1. The lowest BCUT2D eigenvalue weighted by molar-refractivity contribution is -0.119. The third kappa shape index (κ3) is 3.59. The van der Waals surface area contributed by atoms with Gasteiger partial charge in [0.2, 0.25) is 11.1 Å². The van der Waals surface area contributed by atoms with Crippen LogP contribution in [0.3, 0.4) is 0 Å². The second-order valence-corrected chi connectivity index (χ2v) is 6.10. The minimum absolute atomic E-state index is 0.0463. The number of nitrogens with one attached hydrogen (secondary N) is 1. The van der Waals surface area contributed by atoms with Gasteiger partial charge >= 0.3 is 0 Å². The number of carbonyl (C=O) groups excluding carboxylic acids is 1. The molecule has 0 fully saturated rings. The van der Waals surface area contributed by atoms with Crippen LogP contribution < -0.4 is 11.2 Å². The summed E-state index contributed by atoms with van der Waals surface area (Å²) in [7, 11) is 0. The zero-order valence-electron chi connectivity index (χ0n) is 13.2. The number of rotatable bonds is 6. The molecule has 0 saturated carbocycles. The van der Waals surface area contributed by atoms with Gasteiger partial charge in [-0.15, -0.1) is 10.2 Å². The summed E-state index contributed by atoms with van der Waals surface area (Å²) >= 11 is 1.25. The van der Waals surface area contributed by atoms with E-state index in [4.69, 9.17) is 5.84 Å². The lowest BCUT2D eigenvalue weighted by Crippen LogP contribution is -2.33. The van der Waals surface area contributed by atoms with Gasteiger partial charge in [0.05, 0.1) is 11.4 Å². The number of nitrogen functional groups attached to an aromatic ring is 1. The molecular weight excluding hydrogens is 302 g/mol. The van der Waals surface area contributed by atoms with Crippen LogP contribution in [0.5, 0.6) is 0 Å². The Hall–Kier alpha value is -2.03. The predicted molar refractivity (Wildman–Crippen MR) is 85.4 cm³/mol. The largest absolute Gasteiger partial charge is 0.353 e. The van der Waals surface area contributed by atoms with E-state index in [9.17, 15) is 4.79 Å². The quantitative estimate of drug-likeness (QED) is 0.602. The third-order valence-electron chi connectivity index (χ3n) is 3.20. The molecule has 22 heavy (non-hydrogen) atoms. The highest BCUT2D eigenvalue weighted by molar-refractivity contribution is 7.99. The first-order chi connectivity index (χ1) is 10.4. The Labute approximate surface area is 133 Å². The molecule has 8 nitrogen and oxygen atoms in total. The van der Waals surface area contributed by atoms with Gasteiger partial charge in [0.15, 0.2) is 0 Å². The highest BCUT2D eigenvalue weighted by Crippen LogP contribution is 2.17. The van der Waals surface area contributed by atoms with E-state index in [0.29, 0.717) is 11.1 Å². The fourth-order valence-corrected chi connectivity index (χ4v) is 2.56. The number of thioether (sulfide) groups is 1. The molecule has 2 rings (SSSR count). The second kappa shape index (κ2) is 6.82. The number of aryl methyl sites for hydroxylation is 2. The third-order valence-corrected chi connectivity index (χ3v) is 4.14. The average Bonchev–Trinajstić information content (AvgIpc) is 2.98. The van der Waals surface area contributed by atoms with E-state index in [1.807, 2.05) is 33.8 Å². The summed E-state index contributed by atoms with van der Waals surface area (Å²) in [4.78, 5) is 11.8. The highest BCUT2D eigenvalue weighted by Gasteiger charge is 2.16. The summed E-state index contributed by atoms with van der Waals surface area (Å²) in [5, 5.41) is 15.8. The summed E-state index contributed by atoms with van der Waals surface area (Å²) in [6, 6.07) is 2.09. The summed E-state index contributed by atoms with van der Waals surface area (Å²) in [6.45, 7) is 7.81. The second-order valence-electron chi connectivity index (χ2n) is 5.16. The van der Waals surface area contributed by atoms with E-state index in [-0.39, 0.29) is 17.7 Å². The van der Waals surface area contributed by atoms with Gasteiger partial charge in [-0.3, -0.25) is 4.79 Å². The van der Waals surface area contributed by atoms with Gasteiger partial charge in [0, 0.05) is 11.7 Å². The molecule has 0 unspecified atom stereocenters. The first-order valence-corrected chi connectivity index (χ1v) is 8.07. The van der Waals surface area contributed by atoms with E-state index in [0.717, 1.165) is 17.8 Å². The molecule has 0 spiro atoms. The Morgan fingerprint density at radius 1 is 1.45 bits per heavy atom. The van der Waals surface area contributed by atoms with Gasteiger partial charge in [0.1, 0.15) is 0 Å². The molecule has 0 aliphatic rings. The molecule has 0 aromatic carbocycles. The minimum atomic E-state index is -0.0463. The van der Waals surface area contributed by atoms with Gasteiger partial charge in [-0.05, 0) is 33.3 Å². The van der Waals surface area contributed by atoms with E-state index in [2.05, 4.69) is 20.6 Å². The molecule has 0 aliphatic heterocycles. The number of nitrogens with zero attached hydrogens (tertiary/aromatic N) is 5. The van der Waals surface area contributed by atoms with Crippen LogP contribution in [0.15, 0.2) is 11.2 Å². The monoisotopic (exact) mass is 323 g/mol. The van der Waals surface area contributed by atoms with Gasteiger partial charge in [-0.25, -0.2) is 9.36 Å². The predicted octanol–water partition coefficient (Wildman–Crippen LogP) is 0.801. The Kier molecular flexibility index (Phi) is 5.07. The van der Waals surface area contributed by atoms with Crippen LogP contribution in [0.4, 0.5) is 0 Å². The van der Waals surface area contributed by atoms with Crippen LogP contribution in [0, 0.1) is 13.8 Å². The summed E-state index contributed by atoms with van der Waals surface area (Å²) in [5.41, 5.74) is 1.80. The summed E-state index contributed by atoms with van der Waals surface area (Å²) in [5.74, 6) is 6.63. The van der Waals surface area contributed by atoms with Crippen LogP contribution in [0.25, 0.3) is 5.95 Å². The fourth-order valence-electron chi connectivity index (χ4n) is 1.89. The van der Waals surface area contributed by atoms with Gasteiger partial charge in [-0.1, -0.05) is 18.7 Å². The minimum Gasteiger partial charge on any atom is -0.353 e. The molecule has 2 heterocycles. The molecule has 3 N–H and O–H groups in total. The lowest BCUT2D eigenvalue weighted by Gasteiger charge is -2.10. The van der Waals surface area contributed by atoms with E-state index in [1.54, 1.807) is 4.68 Å². The number of hydrogen-bond donors (Lipinski definition) is 2. The van der Waals surface area contributed by atoms with Crippen molar-refractivity contribution in [1.29, 1.82) is 0 Å². The van der Waals surface area contributed by atoms with Crippen LogP contribution in [0.1, 0.15) is 31.7 Å². The molecule has 1 amide bonds. The molecule has 0 saturated heterocycles. The van der Waals surface area contributed by atoms with Crippen molar-refractivity contribution in [3.05, 3.63) is 17.5 Å². The first-order valence-electron chi connectivity index (χ1n) is 7.08. The zero-order valence-corrected chi connectivity index (χ0v) is 14.0. The van der Waals surface area contributed by atoms with Crippen molar-refractivity contribution in [2.24, 2.45) is 0 Å². The normalized spacial score (nSPS) is 12.4. The zero-order chi connectivity index (χ0) is 16.3. The molecule has 120 valence electrons. The number of hydrogen-bond acceptors (Lipinski definition) is 6. The summed E-state index contributed by atoms with van der Waals surface area (Å²) in [6.07, 6.45) is 0.894. The fraction of sp³-hybridized carbons (Fsp3) is 0.538. The molecule has 9 heteroatoms. The molecule has 0 bridgehead atoms. The van der Waals surface area contributed by atoms with Crippen molar-refractivity contribution in [3.63, 3.8) is 0 Å². The van der Waals surface area contributed by atoms with E-state index >= 15 is 0 Å². The van der Waals surface area contributed by atoms with Gasteiger partial charge in [-0.2, -0.15) is 5.10 Å². The number of amides is 1. The molecule has 0 radical (unpaired) electrons. The summed E-state index contributed by atoms with van der Waals surface area (Å²) < 4.78 is 2.98. The maximum absolute atomic E-state index is 11.8.